The Morgan fingerprint density at radius 1 is 1.12 bits per heavy atom. The highest BCUT2D eigenvalue weighted by Crippen LogP contribution is 2.40. The SMILES string of the molecule is CC(C)N1CCCC2(CCN(C3COC3)C2)C1. The van der Waals surface area contributed by atoms with Gasteiger partial charge in [-0.15, -0.1) is 0 Å². The van der Waals surface area contributed by atoms with Crippen LogP contribution in [0.25, 0.3) is 0 Å². The average molecular weight is 238 g/mol. The van der Waals surface area contributed by atoms with Gasteiger partial charge in [0.25, 0.3) is 0 Å². The third kappa shape index (κ3) is 2.25. The van der Waals surface area contributed by atoms with Gasteiger partial charge in [0, 0.05) is 19.1 Å². The molecule has 1 spiro atoms. The number of ether oxygens (including phenoxy) is 1. The first kappa shape index (κ1) is 11.9. The van der Waals surface area contributed by atoms with E-state index in [4.69, 9.17) is 4.74 Å². The Balaban J connectivity index is 1.62. The summed E-state index contributed by atoms with van der Waals surface area (Å²) >= 11 is 0. The molecule has 1 atom stereocenters. The van der Waals surface area contributed by atoms with E-state index in [-0.39, 0.29) is 0 Å². The van der Waals surface area contributed by atoms with Gasteiger partial charge in [-0.1, -0.05) is 0 Å². The average Bonchev–Trinajstić information content (AvgIpc) is 2.59. The second-order valence-corrected chi connectivity index (χ2v) is 6.58. The molecule has 0 aromatic carbocycles. The second-order valence-electron chi connectivity index (χ2n) is 6.58. The molecule has 0 saturated carbocycles. The highest BCUT2D eigenvalue weighted by molar-refractivity contribution is 4.98. The molecule has 0 N–H and O–H groups in total. The van der Waals surface area contributed by atoms with Gasteiger partial charge < -0.3 is 9.64 Å². The standard InChI is InChI=1S/C14H26N2O/c1-12(2)15-6-3-4-14(10-15)5-7-16(11-14)13-8-17-9-13/h12-13H,3-11H2,1-2H3. The normalized spacial score (nSPS) is 36.9. The predicted molar refractivity (Wildman–Crippen MR) is 69.2 cm³/mol. The third-order valence-corrected chi connectivity index (χ3v) is 5.03. The highest BCUT2D eigenvalue weighted by atomic mass is 16.5. The minimum absolute atomic E-state index is 0.609. The highest BCUT2D eigenvalue weighted by Gasteiger charge is 2.44. The van der Waals surface area contributed by atoms with Crippen LogP contribution in [0.1, 0.15) is 33.1 Å². The molecule has 0 radical (unpaired) electrons. The zero-order chi connectivity index (χ0) is 11.9. The Hall–Kier alpha value is -0.120. The van der Waals surface area contributed by atoms with Gasteiger partial charge in [0.2, 0.25) is 0 Å². The summed E-state index contributed by atoms with van der Waals surface area (Å²) in [5.41, 5.74) is 0.609. The summed E-state index contributed by atoms with van der Waals surface area (Å²) in [5.74, 6) is 0. The van der Waals surface area contributed by atoms with Crippen LogP contribution in [0.5, 0.6) is 0 Å². The minimum atomic E-state index is 0.609. The monoisotopic (exact) mass is 238 g/mol. The van der Waals surface area contributed by atoms with E-state index in [2.05, 4.69) is 23.6 Å². The summed E-state index contributed by atoms with van der Waals surface area (Å²) in [6.07, 6.45) is 4.25. The van der Waals surface area contributed by atoms with Gasteiger partial charge in [-0.05, 0) is 51.6 Å². The van der Waals surface area contributed by atoms with Crippen molar-refractivity contribution in [1.82, 2.24) is 9.80 Å². The van der Waals surface area contributed by atoms with Crippen molar-refractivity contribution in [2.45, 2.75) is 45.2 Å². The van der Waals surface area contributed by atoms with Crippen LogP contribution in [0.2, 0.25) is 0 Å². The molecule has 0 aromatic heterocycles. The Labute approximate surface area is 105 Å². The molecule has 0 amide bonds. The maximum atomic E-state index is 5.33. The summed E-state index contributed by atoms with van der Waals surface area (Å²) < 4.78 is 5.33. The van der Waals surface area contributed by atoms with Crippen molar-refractivity contribution in [3.63, 3.8) is 0 Å². The van der Waals surface area contributed by atoms with E-state index in [1.54, 1.807) is 0 Å². The summed E-state index contributed by atoms with van der Waals surface area (Å²) in [7, 11) is 0. The molecule has 3 aliphatic rings. The molecule has 1 unspecified atom stereocenters. The van der Waals surface area contributed by atoms with Crippen LogP contribution in [0.15, 0.2) is 0 Å². The van der Waals surface area contributed by atoms with Crippen molar-refractivity contribution in [1.29, 1.82) is 0 Å². The lowest BCUT2D eigenvalue weighted by molar-refractivity contribution is -0.0627. The van der Waals surface area contributed by atoms with E-state index >= 15 is 0 Å². The van der Waals surface area contributed by atoms with Crippen LogP contribution in [-0.2, 0) is 4.74 Å². The maximum Gasteiger partial charge on any atom is 0.0645 e. The topological polar surface area (TPSA) is 15.7 Å². The molecule has 3 nitrogen and oxygen atoms in total. The molecule has 0 bridgehead atoms. The number of hydrogen-bond donors (Lipinski definition) is 0. The molecule has 0 aromatic rings. The van der Waals surface area contributed by atoms with E-state index in [1.807, 2.05) is 0 Å². The largest absolute Gasteiger partial charge is 0.378 e. The summed E-state index contributed by atoms with van der Waals surface area (Å²) in [6.45, 7) is 11.9. The summed E-state index contributed by atoms with van der Waals surface area (Å²) in [6, 6.07) is 1.46. The Bertz CT molecular complexity index is 277. The molecule has 3 fully saturated rings. The summed E-state index contributed by atoms with van der Waals surface area (Å²) in [4.78, 5) is 5.37. The van der Waals surface area contributed by atoms with E-state index in [9.17, 15) is 0 Å². The quantitative estimate of drug-likeness (QED) is 0.726. The fourth-order valence-corrected chi connectivity index (χ4v) is 3.74. The molecule has 3 heteroatoms. The molecule has 3 heterocycles. The van der Waals surface area contributed by atoms with Gasteiger partial charge in [0.05, 0.1) is 19.3 Å². The van der Waals surface area contributed by atoms with E-state index in [0.29, 0.717) is 11.5 Å². The number of hydrogen-bond acceptors (Lipinski definition) is 3. The molecular formula is C14H26N2O. The number of rotatable bonds is 2. The maximum absolute atomic E-state index is 5.33. The van der Waals surface area contributed by atoms with Crippen LogP contribution in [0.4, 0.5) is 0 Å². The van der Waals surface area contributed by atoms with Gasteiger partial charge in [-0.2, -0.15) is 0 Å². The fourth-order valence-electron chi connectivity index (χ4n) is 3.74. The molecule has 3 rings (SSSR count). The lowest BCUT2D eigenvalue weighted by Crippen LogP contribution is -2.51. The molecule has 3 aliphatic heterocycles. The number of likely N-dealkylation sites (tertiary alicyclic amines) is 2. The van der Waals surface area contributed by atoms with Crippen LogP contribution in [-0.4, -0.2) is 61.3 Å². The lowest BCUT2D eigenvalue weighted by atomic mass is 9.79. The zero-order valence-corrected chi connectivity index (χ0v) is 11.3. The predicted octanol–water partition coefficient (Wildman–Crippen LogP) is 1.58. The molecular weight excluding hydrogens is 212 g/mol. The first-order chi connectivity index (χ1) is 8.19. The molecule has 3 saturated heterocycles. The van der Waals surface area contributed by atoms with Crippen LogP contribution in [0.3, 0.4) is 0 Å². The second kappa shape index (κ2) is 4.52. The first-order valence-electron chi connectivity index (χ1n) is 7.24. The lowest BCUT2D eigenvalue weighted by Gasteiger charge is -2.43. The van der Waals surface area contributed by atoms with E-state index in [0.717, 1.165) is 19.3 Å². The smallest absolute Gasteiger partial charge is 0.0645 e. The Kier molecular flexibility index (Phi) is 3.18. The molecule has 0 aliphatic carbocycles. The van der Waals surface area contributed by atoms with E-state index < -0.39 is 0 Å². The zero-order valence-electron chi connectivity index (χ0n) is 11.3. The van der Waals surface area contributed by atoms with Gasteiger partial charge in [0.1, 0.15) is 0 Å². The van der Waals surface area contributed by atoms with Gasteiger partial charge in [-0.25, -0.2) is 0 Å². The van der Waals surface area contributed by atoms with Crippen molar-refractivity contribution in [3.8, 4) is 0 Å². The van der Waals surface area contributed by atoms with Gasteiger partial charge in [-0.3, -0.25) is 4.90 Å². The third-order valence-electron chi connectivity index (χ3n) is 5.03. The number of piperidine rings is 1. The van der Waals surface area contributed by atoms with Crippen LogP contribution >= 0.6 is 0 Å². The van der Waals surface area contributed by atoms with Gasteiger partial charge >= 0.3 is 0 Å². The number of nitrogens with zero attached hydrogens (tertiary/aromatic N) is 2. The van der Waals surface area contributed by atoms with Crippen LogP contribution in [0, 0.1) is 5.41 Å². The molecule has 98 valence electrons. The van der Waals surface area contributed by atoms with Gasteiger partial charge in [0.15, 0.2) is 0 Å². The van der Waals surface area contributed by atoms with Crippen LogP contribution < -0.4 is 0 Å². The first-order valence-corrected chi connectivity index (χ1v) is 7.24. The van der Waals surface area contributed by atoms with Crippen molar-refractivity contribution in [3.05, 3.63) is 0 Å². The minimum Gasteiger partial charge on any atom is -0.378 e. The van der Waals surface area contributed by atoms with Crippen molar-refractivity contribution in [2.75, 3.05) is 39.4 Å². The van der Waals surface area contributed by atoms with Crippen molar-refractivity contribution < 1.29 is 4.74 Å². The fraction of sp³-hybridized carbons (Fsp3) is 1.00. The van der Waals surface area contributed by atoms with E-state index in [1.165, 1.54) is 45.4 Å². The Morgan fingerprint density at radius 2 is 1.94 bits per heavy atom. The summed E-state index contributed by atoms with van der Waals surface area (Å²) in [5, 5.41) is 0. The molecule has 17 heavy (non-hydrogen) atoms. The Morgan fingerprint density at radius 3 is 2.59 bits per heavy atom. The van der Waals surface area contributed by atoms with Crippen molar-refractivity contribution in [2.24, 2.45) is 5.41 Å². The van der Waals surface area contributed by atoms with Crippen molar-refractivity contribution >= 4 is 0 Å².